The number of hydrogen-bond acceptors (Lipinski definition) is 5. The maximum atomic E-state index is 12.9. The number of rotatable bonds is 54. The minimum atomic E-state index is -0.534. The Labute approximate surface area is 400 Å². The smallest absolute Gasteiger partial charge is 0.306 e. The molecule has 64 heavy (non-hydrogen) atoms. The molecule has 0 radical (unpaired) electrons. The van der Waals surface area contributed by atoms with Crippen LogP contribution in [0.5, 0.6) is 0 Å². The Morgan fingerprint density at radius 1 is 0.344 bits per heavy atom. The molecule has 0 fully saturated rings. The van der Waals surface area contributed by atoms with Gasteiger partial charge in [0.15, 0.2) is 6.10 Å². The number of carbonyl (C=O) groups is 2. The van der Waals surface area contributed by atoms with Crippen molar-refractivity contribution in [3.63, 3.8) is 0 Å². The SMILES string of the molecule is CCCCC/C=C\C/C=C\CCCCCCCC(=O)OC[C@@H](COCCCCCCCCCCCCCCCCCC)OC(=O)CCCCCCCCCCCCCCCCCCC. The molecule has 0 amide bonds. The Kier molecular flexibility index (Phi) is 54.3. The zero-order valence-corrected chi connectivity index (χ0v) is 43.6. The van der Waals surface area contributed by atoms with Crippen molar-refractivity contribution in [3.05, 3.63) is 24.3 Å². The molecule has 1 atom stereocenters. The quantitative estimate of drug-likeness (QED) is 0.0346. The Hall–Kier alpha value is -1.62. The first kappa shape index (κ1) is 62.4. The summed E-state index contributed by atoms with van der Waals surface area (Å²) in [6.45, 7) is 7.86. The molecule has 5 heteroatoms. The molecule has 378 valence electrons. The van der Waals surface area contributed by atoms with E-state index < -0.39 is 6.10 Å². The summed E-state index contributed by atoms with van der Waals surface area (Å²) < 4.78 is 17.5. The van der Waals surface area contributed by atoms with Gasteiger partial charge in [-0.1, -0.05) is 276 Å². The first-order valence-corrected chi connectivity index (χ1v) is 28.9. The number of ether oxygens (including phenoxy) is 3. The van der Waals surface area contributed by atoms with Gasteiger partial charge in [-0.3, -0.25) is 9.59 Å². The van der Waals surface area contributed by atoms with E-state index in [0.717, 1.165) is 51.4 Å². The number of allylic oxidation sites excluding steroid dienone is 4. The van der Waals surface area contributed by atoms with Crippen molar-refractivity contribution in [1.82, 2.24) is 0 Å². The molecular weight excluding hydrogens is 789 g/mol. The fourth-order valence-electron chi connectivity index (χ4n) is 8.66. The van der Waals surface area contributed by atoms with E-state index in [1.165, 1.54) is 231 Å². The molecule has 5 nitrogen and oxygen atoms in total. The largest absolute Gasteiger partial charge is 0.462 e. The lowest BCUT2D eigenvalue weighted by atomic mass is 10.0. The van der Waals surface area contributed by atoms with Crippen molar-refractivity contribution in [3.8, 4) is 0 Å². The van der Waals surface area contributed by atoms with E-state index in [2.05, 4.69) is 45.1 Å². The molecule has 0 rings (SSSR count). The number of carbonyl (C=O) groups excluding carboxylic acids is 2. The van der Waals surface area contributed by atoms with Gasteiger partial charge < -0.3 is 14.2 Å². The van der Waals surface area contributed by atoms with Gasteiger partial charge in [0.1, 0.15) is 6.61 Å². The van der Waals surface area contributed by atoms with Gasteiger partial charge in [0, 0.05) is 19.4 Å². The van der Waals surface area contributed by atoms with Gasteiger partial charge in [0.25, 0.3) is 0 Å². The average molecular weight is 902 g/mol. The van der Waals surface area contributed by atoms with Crippen molar-refractivity contribution >= 4 is 11.9 Å². The van der Waals surface area contributed by atoms with E-state index in [4.69, 9.17) is 14.2 Å². The van der Waals surface area contributed by atoms with E-state index in [0.29, 0.717) is 26.1 Å². The molecule has 0 saturated carbocycles. The molecule has 0 heterocycles. The van der Waals surface area contributed by atoms with Crippen LogP contribution in [0.15, 0.2) is 24.3 Å². The highest BCUT2D eigenvalue weighted by Crippen LogP contribution is 2.17. The topological polar surface area (TPSA) is 61.8 Å². The summed E-state index contributed by atoms with van der Waals surface area (Å²) in [7, 11) is 0. The summed E-state index contributed by atoms with van der Waals surface area (Å²) in [4.78, 5) is 25.5. The van der Waals surface area contributed by atoms with Crippen LogP contribution in [0.4, 0.5) is 0 Å². The number of unbranched alkanes of at least 4 members (excludes halogenated alkanes) is 39. The third-order valence-corrected chi connectivity index (χ3v) is 13.0. The monoisotopic (exact) mass is 901 g/mol. The first-order valence-electron chi connectivity index (χ1n) is 28.9. The number of hydrogen-bond donors (Lipinski definition) is 0. The van der Waals surface area contributed by atoms with Gasteiger partial charge in [0.2, 0.25) is 0 Å². The highest BCUT2D eigenvalue weighted by Gasteiger charge is 2.17. The highest BCUT2D eigenvalue weighted by atomic mass is 16.6. The van der Waals surface area contributed by atoms with E-state index in [1.54, 1.807) is 0 Å². The third kappa shape index (κ3) is 53.0. The second-order valence-corrected chi connectivity index (χ2v) is 19.6. The van der Waals surface area contributed by atoms with Crippen molar-refractivity contribution in [1.29, 1.82) is 0 Å². The summed E-state index contributed by atoms with van der Waals surface area (Å²) in [6, 6.07) is 0. The van der Waals surface area contributed by atoms with Gasteiger partial charge >= 0.3 is 11.9 Å². The van der Waals surface area contributed by atoms with Crippen LogP contribution in [0.3, 0.4) is 0 Å². The molecule has 0 aliphatic carbocycles. The minimum absolute atomic E-state index is 0.0862. The van der Waals surface area contributed by atoms with Crippen molar-refractivity contribution in [2.24, 2.45) is 0 Å². The molecule has 0 bridgehead atoms. The molecule has 0 saturated heterocycles. The second-order valence-electron chi connectivity index (χ2n) is 19.6. The summed E-state index contributed by atoms with van der Waals surface area (Å²) in [5.41, 5.74) is 0. The van der Waals surface area contributed by atoms with Gasteiger partial charge in [0.05, 0.1) is 6.61 Å². The van der Waals surface area contributed by atoms with Crippen LogP contribution in [0, 0.1) is 0 Å². The lowest BCUT2D eigenvalue weighted by molar-refractivity contribution is -0.163. The average Bonchev–Trinajstić information content (AvgIpc) is 3.30. The zero-order chi connectivity index (χ0) is 46.3. The second kappa shape index (κ2) is 55.7. The van der Waals surface area contributed by atoms with Gasteiger partial charge in [-0.25, -0.2) is 0 Å². The molecule has 0 aromatic rings. The molecule has 0 spiro atoms. The molecule has 0 unspecified atom stereocenters. The molecule has 0 aromatic carbocycles. The lowest BCUT2D eigenvalue weighted by Crippen LogP contribution is -2.30. The fourth-order valence-corrected chi connectivity index (χ4v) is 8.66. The van der Waals surface area contributed by atoms with E-state index in [1.807, 2.05) is 0 Å². The molecule has 0 aliphatic rings. The predicted octanol–water partition coefficient (Wildman–Crippen LogP) is 19.6. The van der Waals surface area contributed by atoms with Gasteiger partial charge in [-0.15, -0.1) is 0 Å². The fraction of sp³-hybridized carbons (Fsp3) is 0.898. The third-order valence-electron chi connectivity index (χ3n) is 13.0. The molecule has 0 aliphatic heterocycles. The lowest BCUT2D eigenvalue weighted by Gasteiger charge is -2.18. The standard InChI is InChI=1S/C59H112O5/c1-4-7-10-13-16-19-22-25-28-30-32-35-38-41-44-47-50-53-59(61)64-57(55-62-54-51-48-45-42-39-36-33-29-26-23-20-17-14-11-8-5-2)56-63-58(60)52-49-46-43-40-37-34-31-27-24-21-18-15-12-9-6-3/h18,21,27,31,57H,4-17,19-20,22-26,28-30,32-56H2,1-3H3/b21-18-,31-27-/t57-/m1/s1. The Bertz CT molecular complexity index is 974. The molecule has 0 aromatic heterocycles. The van der Waals surface area contributed by atoms with Crippen LogP contribution in [0.1, 0.15) is 316 Å². The van der Waals surface area contributed by atoms with Crippen molar-refractivity contribution < 1.29 is 23.8 Å². The van der Waals surface area contributed by atoms with Crippen molar-refractivity contribution in [2.45, 2.75) is 322 Å². The van der Waals surface area contributed by atoms with Gasteiger partial charge in [-0.05, 0) is 51.4 Å². The van der Waals surface area contributed by atoms with Crippen LogP contribution in [-0.2, 0) is 23.8 Å². The summed E-state index contributed by atoms with van der Waals surface area (Å²) in [5.74, 6) is -0.389. The minimum Gasteiger partial charge on any atom is -0.462 e. The summed E-state index contributed by atoms with van der Waals surface area (Å²) in [6.07, 6.45) is 66.2. The van der Waals surface area contributed by atoms with E-state index in [9.17, 15) is 9.59 Å². The van der Waals surface area contributed by atoms with Crippen LogP contribution < -0.4 is 0 Å². The van der Waals surface area contributed by atoms with Crippen LogP contribution in [-0.4, -0.2) is 37.9 Å². The van der Waals surface area contributed by atoms with Crippen LogP contribution in [0.2, 0.25) is 0 Å². The van der Waals surface area contributed by atoms with E-state index in [-0.39, 0.29) is 18.5 Å². The summed E-state index contributed by atoms with van der Waals surface area (Å²) in [5, 5.41) is 0. The summed E-state index contributed by atoms with van der Waals surface area (Å²) >= 11 is 0. The Balaban J connectivity index is 4.23. The normalized spacial score (nSPS) is 12.2. The number of esters is 2. The maximum absolute atomic E-state index is 12.9. The first-order chi connectivity index (χ1) is 31.6. The predicted molar refractivity (Wildman–Crippen MR) is 279 cm³/mol. The van der Waals surface area contributed by atoms with Crippen molar-refractivity contribution in [2.75, 3.05) is 19.8 Å². The Morgan fingerprint density at radius 3 is 1.06 bits per heavy atom. The van der Waals surface area contributed by atoms with Crippen LogP contribution in [0.25, 0.3) is 0 Å². The maximum Gasteiger partial charge on any atom is 0.306 e. The molecular formula is C59H112O5. The van der Waals surface area contributed by atoms with E-state index >= 15 is 0 Å². The molecule has 0 N–H and O–H groups in total. The van der Waals surface area contributed by atoms with Crippen LogP contribution >= 0.6 is 0 Å². The Morgan fingerprint density at radius 2 is 0.656 bits per heavy atom. The van der Waals surface area contributed by atoms with Gasteiger partial charge in [-0.2, -0.15) is 0 Å². The zero-order valence-electron chi connectivity index (χ0n) is 43.6. The highest BCUT2D eigenvalue weighted by molar-refractivity contribution is 5.70.